The highest BCUT2D eigenvalue weighted by Gasteiger charge is 2.22. The van der Waals surface area contributed by atoms with E-state index < -0.39 is 0 Å². The maximum atomic E-state index is 13.6. The highest BCUT2D eigenvalue weighted by atomic mass is 19.1. The van der Waals surface area contributed by atoms with E-state index in [4.69, 9.17) is 0 Å². The second-order valence-electron chi connectivity index (χ2n) is 6.08. The van der Waals surface area contributed by atoms with Gasteiger partial charge in [0, 0.05) is 36.7 Å². The number of nitrogens with one attached hydrogen (secondary N) is 1. The van der Waals surface area contributed by atoms with Gasteiger partial charge in [0.2, 0.25) is 5.95 Å². The third-order valence-corrected chi connectivity index (χ3v) is 4.43. The van der Waals surface area contributed by atoms with Crippen molar-refractivity contribution in [1.82, 2.24) is 15.3 Å². The molecule has 0 unspecified atom stereocenters. The molecule has 5 nitrogen and oxygen atoms in total. The van der Waals surface area contributed by atoms with Crippen LogP contribution in [0.15, 0.2) is 60.9 Å². The number of benzene rings is 2. The molecule has 0 bridgehead atoms. The zero-order chi connectivity index (χ0) is 17.9. The quantitative estimate of drug-likeness (QED) is 0.786. The topological polar surface area (TPSA) is 58.1 Å². The number of para-hydroxylation sites is 1. The van der Waals surface area contributed by atoms with E-state index in [1.807, 2.05) is 23.1 Å². The van der Waals surface area contributed by atoms with Crippen LogP contribution in [0.25, 0.3) is 0 Å². The van der Waals surface area contributed by atoms with Crippen LogP contribution in [0.3, 0.4) is 0 Å². The summed E-state index contributed by atoms with van der Waals surface area (Å²) in [7, 11) is 0. The molecule has 0 aliphatic carbocycles. The molecule has 1 amide bonds. The van der Waals surface area contributed by atoms with Crippen molar-refractivity contribution in [2.75, 3.05) is 11.4 Å². The molecule has 1 aromatic heterocycles. The molecule has 0 spiro atoms. The van der Waals surface area contributed by atoms with Gasteiger partial charge in [-0.1, -0.05) is 36.4 Å². The number of halogens is 1. The molecule has 0 saturated carbocycles. The average molecular weight is 348 g/mol. The predicted octanol–water partition coefficient (Wildman–Crippen LogP) is 3.24. The summed E-state index contributed by atoms with van der Waals surface area (Å²) in [4.78, 5) is 22.9. The molecular weight excluding hydrogens is 331 g/mol. The van der Waals surface area contributed by atoms with Crippen molar-refractivity contribution in [3.8, 4) is 0 Å². The van der Waals surface area contributed by atoms with Crippen LogP contribution >= 0.6 is 0 Å². The van der Waals surface area contributed by atoms with Gasteiger partial charge in [-0.05, 0) is 24.1 Å². The van der Waals surface area contributed by atoms with E-state index in [1.165, 1.54) is 24.0 Å². The Kier molecular flexibility index (Phi) is 4.31. The number of carbonyl (C=O) groups excluding carboxylic acids is 1. The molecule has 0 fully saturated rings. The molecule has 1 N–H and O–H groups in total. The summed E-state index contributed by atoms with van der Waals surface area (Å²) in [6, 6.07) is 14.5. The van der Waals surface area contributed by atoms with Crippen molar-refractivity contribution in [3.63, 3.8) is 0 Å². The first-order valence-corrected chi connectivity index (χ1v) is 8.41. The van der Waals surface area contributed by atoms with Crippen LogP contribution in [-0.2, 0) is 13.0 Å². The van der Waals surface area contributed by atoms with E-state index in [2.05, 4.69) is 21.4 Å². The number of nitrogens with zero attached hydrogens (tertiary/aromatic N) is 3. The Hall–Kier alpha value is -3.28. The average Bonchev–Trinajstić information content (AvgIpc) is 3.11. The normalized spacial score (nSPS) is 12.7. The fourth-order valence-corrected chi connectivity index (χ4v) is 3.04. The maximum absolute atomic E-state index is 13.6. The summed E-state index contributed by atoms with van der Waals surface area (Å²) >= 11 is 0. The van der Waals surface area contributed by atoms with Gasteiger partial charge in [-0.25, -0.2) is 14.4 Å². The Morgan fingerprint density at radius 2 is 1.81 bits per heavy atom. The first-order chi connectivity index (χ1) is 12.7. The second-order valence-corrected chi connectivity index (χ2v) is 6.08. The zero-order valence-corrected chi connectivity index (χ0v) is 14.0. The van der Waals surface area contributed by atoms with Crippen LogP contribution < -0.4 is 10.2 Å². The summed E-state index contributed by atoms with van der Waals surface area (Å²) in [6.45, 7) is 0.935. The molecule has 1 aliphatic rings. The maximum Gasteiger partial charge on any atom is 0.254 e. The van der Waals surface area contributed by atoms with Crippen molar-refractivity contribution in [3.05, 3.63) is 83.4 Å². The van der Waals surface area contributed by atoms with Gasteiger partial charge in [-0.15, -0.1) is 0 Å². The number of carbonyl (C=O) groups is 1. The largest absolute Gasteiger partial charge is 0.348 e. The predicted molar refractivity (Wildman–Crippen MR) is 96.8 cm³/mol. The van der Waals surface area contributed by atoms with Gasteiger partial charge in [-0.3, -0.25) is 4.79 Å². The summed E-state index contributed by atoms with van der Waals surface area (Å²) in [5.74, 6) is -0.102. The van der Waals surface area contributed by atoms with E-state index >= 15 is 0 Å². The molecule has 0 atom stereocenters. The molecule has 1 aliphatic heterocycles. The van der Waals surface area contributed by atoms with Gasteiger partial charge in [0.05, 0.1) is 5.56 Å². The van der Waals surface area contributed by atoms with Crippen molar-refractivity contribution >= 4 is 17.5 Å². The van der Waals surface area contributed by atoms with E-state index in [0.29, 0.717) is 17.1 Å². The van der Waals surface area contributed by atoms with Crippen molar-refractivity contribution < 1.29 is 9.18 Å². The van der Waals surface area contributed by atoms with Crippen LogP contribution in [0.4, 0.5) is 16.0 Å². The lowest BCUT2D eigenvalue weighted by atomic mass is 10.2. The summed E-state index contributed by atoms with van der Waals surface area (Å²) in [5.41, 5.74) is 3.15. The number of fused-ring (bicyclic) bond motifs is 1. The molecule has 2 heterocycles. The van der Waals surface area contributed by atoms with Gasteiger partial charge in [0.25, 0.3) is 5.91 Å². The minimum Gasteiger partial charge on any atom is -0.348 e. The highest BCUT2D eigenvalue weighted by Crippen LogP contribution is 2.31. The molecule has 2 aromatic carbocycles. The molecule has 6 heteroatoms. The Morgan fingerprint density at radius 1 is 1.08 bits per heavy atom. The van der Waals surface area contributed by atoms with Gasteiger partial charge in [0.1, 0.15) is 5.82 Å². The fraction of sp³-hybridized carbons (Fsp3) is 0.150. The molecule has 4 rings (SSSR count). The third kappa shape index (κ3) is 3.13. The Balaban J connectivity index is 1.45. The number of aromatic nitrogens is 2. The summed E-state index contributed by atoms with van der Waals surface area (Å²) < 4.78 is 13.6. The Bertz CT molecular complexity index is 943. The number of amides is 1. The molecule has 3 aromatic rings. The SMILES string of the molecule is O=C(NCc1ccccc1F)c1cnc(N2CCc3ccccc32)nc1. The van der Waals surface area contributed by atoms with E-state index in [-0.39, 0.29) is 18.3 Å². The number of rotatable bonds is 4. The minimum absolute atomic E-state index is 0.118. The van der Waals surface area contributed by atoms with Crippen LogP contribution in [0.5, 0.6) is 0 Å². The lowest BCUT2D eigenvalue weighted by Gasteiger charge is -2.16. The van der Waals surface area contributed by atoms with E-state index in [9.17, 15) is 9.18 Å². The second kappa shape index (κ2) is 6.92. The van der Waals surface area contributed by atoms with Crippen molar-refractivity contribution in [2.24, 2.45) is 0 Å². The molecule has 0 radical (unpaired) electrons. The summed E-state index contributed by atoms with van der Waals surface area (Å²) in [5, 5.41) is 2.69. The van der Waals surface area contributed by atoms with E-state index in [1.54, 1.807) is 18.2 Å². The van der Waals surface area contributed by atoms with Crippen LogP contribution in [0.1, 0.15) is 21.5 Å². The monoisotopic (exact) mass is 348 g/mol. The first-order valence-electron chi connectivity index (χ1n) is 8.41. The Morgan fingerprint density at radius 3 is 2.62 bits per heavy atom. The van der Waals surface area contributed by atoms with Gasteiger partial charge >= 0.3 is 0 Å². The van der Waals surface area contributed by atoms with Gasteiger partial charge < -0.3 is 10.2 Å². The smallest absolute Gasteiger partial charge is 0.254 e. The molecule has 26 heavy (non-hydrogen) atoms. The van der Waals surface area contributed by atoms with Crippen LogP contribution in [0.2, 0.25) is 0 Å². The summed E-state index contributed by atoms with van der Waals surface area (Å²) in [6.07, 6.45) is 3.95. The highest BCUT2D eigenvalue weighted by molar-refractivity contribution is 5.93. The Labute approximate surface area is 150 Å². The lowest BCUT2D eigenvalue weighted by Crippen LogP contribution is -2.24. The van der Waals surface area contributed by atoms with Crippen LogP contribution in [-0.4, -0.2) is 22.4 Å². The number of hydrogen-bond donors (Lipinski definition) is 1. The third-order valence-electron chi connectivity index (χ3n) is 4.43. The van der Waals surface area contributed by atoms with Crippen molar-refractivity contribution in [1.29, 1.82) is 0 Å². The fourth-order valence-electron chi connectivity index (χ4n) is 3.04. The van der Waals surface area contributed by atoms with Gasteiger partial charge in [0.15, 0.2) is 0 Å². The standard InChI is InChI=1S/C20H17FN4O/c21-17-7-3-1-6-15(17)11-22-19(26)16-12-23-20(24-13-16)25-10-9-14-5-2-4-8-18(14)25/h1-8,12-13H,9-11H2,(H,22,26). The lowest BCUT2D eigenvalue weighted by molar-refractivity contribution is 0.0950. The van der Waals surface area contributed by atoms with E-state index in [0.717, 1.165) is 18.7 Å². The van der Waals surface area contributed by atoms with Gasteiger partial charge in [-0.2, -0.15) is 0 Å². The minimum atomic E-state index is -0.341. The molecule has 0 saturated heterocycles. The number of hydrogen-bond acceptors (Lipinski definition) is 4. The van der Waals surface area contributed by atoms with Crippen LogP contribution in [0, 0.1) is 5.82 Å². The first kappa shape index (κ1) is 16.2. The molecule has 130 valence electrons. The molecular formula is C20H17FN4O. The number of anilines is 2. The van der Waals surface area contributed by atoms with Crippen molar-refractivity contribution in [2.45, 2.75) is 13.0 Å². The zero-order valence-electron chi connectivity index (χ0n) is 14.0.